The number of carbonyl (C=O) groups is 1. The van der Waals surface area contributed by atoms with Crippen molar-refractivity contribution in [2.75, 3.05) is 0 Å². The van der Waals surface area contributed by atoms with Crippen LogP contribution in [0.3, 0.4) is 0 Å². The molecule has 0 spiro atoms. The highest BCUT2D eigenvalue weighted by Gasteiger charge is 2.41. The minimum absolute atomic E-state index is 0.184. The first kappa shape index (κ1) is 23.4. The summed E-state index contributed by atoms with van der Waals surface area (Å²) in [6, 6.07) is 4.81. The lowest BCUT2D eigenvalue weighted by Crippen LogP contribution is -2.47. The SMILES string of the molecule is CC[C@H]1Cc2c(nn(C)c2-c2cc(F)c(F)c(F)c2)[C@@H](CC)N1C(=O)c1cnc2cc(Cl)ccn12. The smallest absolute Gasteiger partial charge is 0.273 e. The molecule has 0 aliphatic carbocycles. The summed E-state index contributed by atoms with van der Waals surface area (Å²) in [5.74, 6) is -4.20. The highest BCUT2D eigenvalue weighted by Crippen LogP contribution is 2.41. The summed E-state index contributed by atoms with van der Waals surface area (Å²) >= 11 is 6.07. The molecule has 35 heavy (non-hydrogen) atoms. The van der Waals surface area contributed by atoms with E-state index in [0.29, 0.717) is 47.0 Å². The lowest BCUT2D eigenvalue weighted by molar-refractivity contribution is 0.0505. The van der Waals surface area contributed by atoms with E-state index in [1.54, 1.807) is 34.5 Å². The van der Waals surface area contributed by atoms with Gasteiger partial charge in [-0.2, -0.15) is 5.10 Å². The molecule has 4 aromatic rings. The Labute approximate surface area is 204 Å². The normalized spacial score (nSPS) is 17.7. The first-order valence-electron chi connectivity index (χ1n) is 11.4. The molecule has 0 radical (unpaired) electrons. The van der Waals surface area contributed by atoms with Crippen LogP contribution in [0.15, 0.2) is 36.7 Å². The van der Waals surface area contributed by atoms with Crippen molar-refractivity contribution in [1.29, 1.82) is 0 Å². The number of benzene rings is 1. The summed E-state index contributed by atoms with van der Waals surface area (Å²) in [6.07, 6.45) is 4.94. The molecule has 0 unspecified atom stereocenters. The van der Waals surface area contributed by atoms with Crippen molar-refractivity contribution in [3.63, 3.8) is 0 Å². The molecule has 1 aliphatic heterocycles. The lowest BCUT2D eigenvalue weighted by atomic mass is 9.87. The summed E-state index contributed by atoms with van der Waals surface area (Å²) in [5.41, 5.74) is 3.19. The van der Waals surface area contributed by atoms with Gasteiger partial charge >= 0.3 is 0 Å². The molecule has 0 saturated heterocycles. The minimum Gasteiger partial charge on any atom is -0.325 e. The van der Waals surface area contributed by atoms with Gasteiger partial charge in [0.15, 0.2) is 17.5 Å². The first-order chi connectivity index (χ1) is 16.7. The molecule has 3 aromatic heterocycles. The number of hydrogen-bond acceptors (Lipinski definition) is 3. The molecule has 182 valence electrons. The van der Waals surface area contributed by atoms with Crippen molar-refractivity contribution in [3.8, 4) is 11.3 Å². The average molecular weight is 502 g/mol. The van der Waals surface area contributed by atoms with Crippen LogP contribution in [-0.4, -0.2) is 36.0 Å². The first-order valence-corrected chi connectivity index (χ1v) is 11.8. The van der Waals surface area contributed by atoms with Crippen molar-refractivity contribution in [2.45, 2.75) is 45.2 Å². The monoisotopic (exact) mass is 501 g/mol. The predicted octanol–water partition coefficient (Wildman–Crippen LogP) is 5.73. The maximum Gasteiger partial charge on any atom is 0.273 e. The van der Waals surface area contributed by atoms with Crippen molar-refractivity contribution >= 4 is 23.2 Å². The highest BCUT2D eigenvalue weighted by molar-refractivity contribution is 6.30. The number of imidazole rings is 1. The number of nitrogens with zero attached hydrogens (tertiary/aromatic N) is 5. The van der Waals surface area contributed by atoms with Gasteiger partial charge in [-0.15, -0.1) is 0 Å². The van der Waals surface area contributed by atoms with Crippen LogP contribution in [0, 0.1) is 17.5 Å². The van der Waals surface area contributed by atoms with Gasteiger partial charge in [-0.3, -0.25) is 13.9 Å². The molecule has 4 heterocycles. The van der Waals surface area contributed by atoms with Crippen molar-refractivity contribution in [3.05, 3.63) is 76.1 Å². The Morgan fingerprint density at radius 2 is 1.86 bits per heavy atom. The van der Waals surface area contributed by atoms with Crippen molar-refractivity contribution < 1.29 is 18.0 Å². The van der Waals surface area contributed by atoms with Gasteiger partial charge in [-0.25, -0.2) is 18.2 Å². The van der Waals surface area contributed by atoms with E-state index in [2.05, 4.69) is 10.1 Å². The standard InChI is InChI=1S/C25H23ClF3N5O/c1-4-15-11-16-23(31-32(3)24(16)13-8-17(27)22(29)18(28)9-13)19(5-2)34(15)25(35)20-12-30-21-10-14(26)6-7-33(20)21/h6-10,12,15,19H,4-5,11H2,1-3H3/t15-,19+/m0/s1. The fourth-order valence-electron chi connectivity index (χ4n) is 5.12. The molecule has 0 N–H and O–H groups in total. The van der Waals surface area contributed by atoms with Gasteiger partial charge in [0.2, 0.25) is 0 Å². The van der Waals surface area contributed by atoms with E-state index in [0.717, 1.165) is 17.7 Å². The van der Waals surface area contributed by atoms with Gasteiger partial charge in [-0.05, 0) is 37.5 Å². The van der Waals surface area contributed by atoms with E-state index in [1.807, 2.05) is 18.7 Å². The van der Waals surface area contributed by atoms with Crippen LogP contribution >= 0.6 is 11.6 Å². The number of hydrogen-bond donors (Lipinski definition) is 0. The van der Waals surface area contributed by atoms with Gasteiger partial charge in [0.1, 0.15) is 11.3 Å². The Hall–Kier alpha value is -3.33. The molecular weight excluding hydrogens is 479 g/mol. The Morgan fingerprint density at radius 1 is 1.14 bits per heavy atom. The van der Waals surface area contributed by atoms with E-state index in [9.17, 15) is 18.0 Å². The lowest BCUT2D eigenvalue weighted by Gasteiger charge is -2.41. The zero-order valence-electron chi connectivity index (χ0n) is 19.4. The van der Waals surface area contributed by atoms with Crippen molar-refractivity contribution in [1.82, 2.24) is 24.1 Å². The Morgan fingerprint density at radius 3 is 2.51 bits per heavy atom. The third-order valence-corrected chi connectivity index (χ3v) is 6.94. The van der Waals surface area contributed by atoms with Crippen LogP contribution in [0.25, 0.3) is 16.9 Å². The van der Waals surface area contributed by atoms with Crippen LogP contribution in [0.2, 0.25) is 5.02 Å². The molecule has 10 heteroatoms. The Kier molecular flexibility index (Phi) is 5.83. The quantitative estimate of drug-likeness (QED) is 0.335. The predicted molar refractivity (Wildman–Crippen MR) is 126 cm³/mol. The highest BCUT2D eigenvalue weighted by atomic mass is 35.5. The minimum atomic E-state index is -1.51. The summed E-state index contributed by atoms with van der Waals surface area (Å²) in [5, 5.41) is 5.19. The second-order valence-electron chi connectivity index (χ2n) is 8.71. The number of aromatic nitrogens is 4. The van der Waals surface area contributed by atoms with Crippen LogP contribution in [0.5, 0.6) is 0 Å². The number of carbonyl (C=O) groups excluding carboxylic acids is 1. The zero-order valence-corrected chi connectivity index (χ0v) is 20.2. The van der Waals surface area contributed by atoms with Crippen LogP contribution in [0.1, 0.15) is 54.5 Å². The molecule has 0 bridgehead atoms. The number of pyridine rings is 1. The fourth-order valence-corrected chi connectivity index (χ4v) is 5.27. The topological polar surface area (TPSA) is 55.4 Å². The van der Waals surface area contributed by atoms with E-state index in [-0.39, 0.29) is 23.6 Å². The third kappa shape index (κ3) is 3.69. The van der Waals surface area contributed by atoms with Crippen LogP contribution in [0.4, 0.5) is 13.2 Å². The number of amides is 1. The second kappa shape index (κ2) is 8.71. The molecule has 5 rings (SSSR count). The summed E-state index contributed by atoms with van der Waals surface area (Å²) < 4.78 is 44.9. The summed E-state index contributed by atoms with van der Waals surface area (Å²) in [7, 11) is 1.68. The van der Waals surface area contributed by atoms with Gasteiger partial charge in [-0.1, -0.05) is 25.4 Å². The average Bonchev–Trinajstić information content (AvgIpc) is 3.40. The Balaban J connectivity index is 1.62. The van der Waals surface area contributed by atoms with Gasteiger partial charge in [0, 0.05) is 41.5 Å². The number of rotatable bonds is 4. The Bertz CT molecular complexity index is 1440. The zero-order chi connectivity index (χ0) is 25.0. The van der Waals surface area contributed by atoms with E-state index in [1.165, 1.54) is 6.20 Å². The number of fused-ring (bicyclic) bond motifs is 2. The maximum absolute atomic E-state index is 14.0. The maximum atomic E-state index is 14.0. The largest absolute Gasteiger partial charge is 0.325 e. The van der Waals surface area contributed by atoms with Gasteiger partial charge in [0.05, 0.1) is 23.6 Å². The van der Waals surface area contributed by atoms with Gasteiger partial charge in [0.25, 0.3) is 5.91 Å². The fraction of sp³-hybridized carbons (Fsp3) is 0.320. The molecule has 1 aromatic carbocycles. The van der Waals surface area contributed by atoms with Gasteiger partial charge < -0.3 is 4.90 Å². The van der Waals surface area contributed by atoms with Crippen molar-refractivity contribution in [2.24, 2.45) is 7.05 Å². The summed E-state index contributed by atoms with van der Waals surface area (Å²) in [6.45, 7) is 3.96. The number of aryl methyl sites for hydroxylation is 1. The van der Waals surface area contributed by atoms with E-state index in [4.69, 9.17) is 11.6 Å². The number of halogens is 4. The van der Waals surface area contributed by atoms with E-state index < -0.39 is 17.5 Å². The molecule has 2 atom stereocenters. The molecular formula is C25H23ClF3N5O. The summed E-state index contributed by atoms with van der Waals surface area (Å²) in [4.78, 5) is 20.0. The van der Waals surface area contributed by atoms with Crippen LogP contribution < -0.4 is 0 Å². The molecule has 6 nitrogen and oxygen atoms in total. The van der Waals surface area contributed by atoms with E-state index >= 15 is 0 Å². The van der Waals surface area contributed by atoms with Crippen LogP contribution in [-0.2, 0) is 13.5 Å². The molecule has 1 amide bonds. The molecule has 0 saturated carbocycles. The molecule has 0 fully saturated rings. The molecule has 1 aliphatic rings. The third-order valence-electron chi connectivity index (χ3n) is 6.71. The second-order valence-corrected chi connectivity index (χ2v) is 9.15.